The molecule has 2 atom stereocenters. The van der Waals surface area contributed by atoms with Crippen molar-refractivity contribution in [2.75, 3.05) is 6.54 Å². The van der Waals surface area contributed by atoms with Gasteiger partial charge in [0.1, 0.15) is 6.04 Å². The van der Waals surface area contributed by atoms with Crippen LogP contribution in [0.1, 0.15) is 61.6 Å². The SMILES string of the molecule is O=C(C[C@@H](CCCc1ccccc1)C(=O)N[C@H]1Cc2cn(c3ccccc23)CCCCCCNC1=O)NOCc1ccccc1. The fourth-order valence-electron chi connectivity index (χ4n) is 6.05. The van der Waals surface area contributed by atoms with E-state index in [9.17, 15) is 14.4 Å². The van der Waals surface area contributed by atoms with Crippen molar-refractivity contribution in [2.45, 2.75) is 77.0 Å². The lowest BCUT2D eigenvalue weighted by molar-refractivity contribution is -0.139. The number of carbonyl (C=O) groups is 3. The van der Waals surface area contributed by atoms with Crippen LogP contribution in [-0.4, -0.2) is 34.9 Å². The summed E-state index contributed by atoms with van der Waals surface area (Å²) >= 11 is 0. The number of aromatic nitrogens is 1. The molecular weight excluding hydrogens is 564 g/mol. The van der Waals surface area contributed by atoms with Gasteiger partial charge in [-0.25, -0.2) is 5.48 Å². The molecule has 0 fully saturated rings. The normalized spacial score (nSPS) is 16.4. The number of amides is 3. The molecule has 5 rings (SSSR count). The third-order valence-corrected chi connectivity index (χ3v) is 8.48. The van der Waals surface area contributed by atoms with Crippen LogP contribution in [0.5, 0.6) is 0 Å². The third kappa shape index (κ3) is 9.53. The highest BCUT2D eigenvalue weighted by Crippen LogP contribution is 2.24. The van der Waals surface area contributed by atoms with Crippen molar-refractivity contribution >= 4 is 28.6 Å². The lowest BCUT2D eigenvalue weighted by Crippen LogP contribution is -2.50. The Hall–Kier alpha value is -4.43. The molecule has 4 aromatic rings. The predicted molar refractivity (Wildman–Crippen MR) is 176 cm³/mol. The van der Waals surface area contributed by atoms with Gasteiger partial charge in [-0.15, -0.1) is 0 Å². The molecule has 0 radical (unpaired) electrons. The first-order chi connectivity index (χ1) is 22.1. The topological polar surface area (TPSA) is 101 Å². The average Bonchev–Trinajstić information content (AvgIpc) is 3.41. The molecule has 0 spiro atoms. The number of hydrogen-bond acceptors (Lipinski definition) is 4. The number of hydrogen-bond donors (Lipinski definition) is 3. The van der Waals surface area contributed by atoms with Crippen LogP contribution < -0.4 is 16.1 Å². The Bertz CT molecular complexity index is 1540. The summed E-state index contributed by atoms with van der Waals surface area (Å²) in [6.07, 6.45) is 8.59. The van der Waals surface area contributed by atoms with Crippen molar-refractivity contribution in [3.63, 3.8) is 0 Å². The maximum Gasteiger partial charge on any atom is 0.244 e. The first kappa shape index (κ1) is 32.0. The van der Waals surface area contributed by atoms with Gasteiger partial charge < -0.3 is 15.2 Å². The van der Waals surface area contributed by atoms with E-state index in [1.165, 1.54) is 5.56 Å². The Morgan fingerprint density at radius 3 is 2.40 bits per heavy atom. The number of para-hydroxylation sites is 1. The summed E-state index contributed by atoms with van der Waals surface area (Å²) in [7, 11) is 0. The highest BCUT2D eigenvalue weighted by Gasteiger charge is 2.28. The molecule has 236 valence electrons. The number of hydroxylamine groups is 1. The Balaban J connectivity index is 1.29. The molecule has 0 saturated carbocycles. The largest absolute Gasteiger partial charge is 0.354 e. The Morgan fingerprint density at radius 1 is 0.889 bits per heavy atom. The first-order valence-electron chi connectivity index (χ1n) is 16.2. The summed E-state index contributed by atoms with van der Waals surface area (Å²) in [4.78, 5) is 45.8. The Morgan fingerprint density at radius 2 is 1.60 bits per heavy atom. The zero-order valence-electron chi connectivity index (χ0n) is 25.9. The lowest BCUT2D eigenvalue weighted by Gasteiger charge is -2.22. The molecule has 3 N–H and O–H groups in total. The van der Waals surface area contributed by atoms with Gasteiger partial charge in [0.05, 0.1) is 6.61 Å². The van der Waals surface area contributed by atoms with Gasteiger partial charge in [0.15, 0.2) is 0 Å². The molecule has 1 aromatic heterocycles. The Kier molecular flexibility index (Phi) is 11.8. The van der Waals surface area contributed by atoms with Gasteiger partial charge in [-0.3, -0.25) is 19.2 Å². The molecule has 3 aromatic carbocycles. The number of benzene rings is 3. The van der Waals surface area contributed by atoms with Gasteiger partial charge in [-0.1, -0.05) is 91.7 Å². The molecular formula is C37H44N4O4. The maximum absolute atomic E-state index is 13.9. The van der Waals surface area contributed by atoms with Crippen LogP contribution in [0.4, 0.5) is 0 Å². The minimum absolute atomic E-state index is 0.0386. The van der Waals surface area contributed by atoms with E-state index in [1.54, 1.807) is 0 Å². The molecule has 45 heavy (non-hydrogen) atoms. The van der Waals surface area contributed by atoms with Crippen molar-refractivity contribution < 1.29 is 19.2 Å². The third-order valence-electron chi connectivity index (χ3n) is 8.48. The van der Waals surface area contributed by atoms with Crippen LogP contribution in [0, 0.1) is 5.92 Å². The van der Waals surface area contributed by atoms with Crippen LogP contribution in [0.2, 0.25) is 0 Å². The van der Waals surface area contributed by atoms with Crippen molar-refractivity contribution in [1.29, 1.82) is 0 Å². The smallest absolute Gasteiger partial charge is 0.244 e. The molecule has 2 bridgehead atoms. The van der Waals surface area contributed by atoms with Crippen molar-refractivity contribution in [3.05, 3.63) is 108 Å². The van der Waals surface area contributed by atoms with Gasteiger partial charge >= 0.3 is 0 Å². The minimum atomic E-state index is -0.758. The van der Waals surface area contributed by atoms with Crippen LogP contribution in [0.15, 0.2) is 91.1 Å². The molecule has 0 saturated heterocycles. The highest BCUT2D eigenvalue weighted by molar-refractivity contribution is 5.92. The van der Waals surface area contributed by atoms with Crippen LogP contribution in [0.3, 0.4) is 0 Å². The maximum atomic E-state index is 13.9. The van der Waals surface area contributed by atoms with Gasteiger partial charge in [-0.2, -0.15) is 0 Å². The van der Waals surface area contributed by atoms with Crippen LogP contribution >= 0.6 is 0 Å². The van der Waals surface area contributed by atoms with E-state index in [4.69, 9.17) is 4.84 Å². The zero-order valence-corrected chi connectivity index (χ0v) is 25.9. The molecule has 8 nitrogen and oxygen atoms in total. The summed E-state index contributed by atoms with van der Waals surface area (Å²) in [6.45, 7) is 1.73. The molecule has 0 aliphatic carbocycles. The number of fused-ring (bicyclic) bond motifs is 5. The van der Waals surface area contributed by atoms with Crippen molar-refractivity contribution in [3.8, 4) is 0 Å². The minimum Gasteiger partial charge on any atom is -0.354 e. The summed E-state index contributed by atoms with van der Waals surface area (Å²) in [5.74, 6) is -1.48. The van der Waals surface area contributed by atoms with E-state index >= 15 is 0 Å². The summed E-state index contributed by atoms with van der Waals surface area (Å²) in [5, 5.41) is 7.20. The van der Waals surface area contributed by atoms with Gasteiger partial charge in [0, 0.05) is 48.9 Å². The molecule has 1 aliphatic heterocycles. The quantitative estimate of drug-likeness (QED) is 0.192. The zero-order chi connectivity index (χ0) is 31.3. The number of aryl methyl sites for hydroxylation is 2. The van der Waals surface area contributed by atoms with E-state index in [2.05, 4.69) is 51.1 Å². The molecule has 8 heteroatoms. The summed E-state index contributed by atoms with van der Waals surface area (Å²) in [6, 6.07) is 27.1. The second kappa shape index (κ2) is 16.6. The van der Waals surface area contributed by atoms with Crippen LogP contribution in [-0.2, 0) is 45.2 Å². The number of rotatable bonds is 11. The average molecular weight is 609 g/mol. The Labute approximate surface area is 265 Å². The van der Waals surface area contributed by atoms with E-state index in [0.717, 1.165) is 67.1 Å². The standard InChI is InChI=1S/C37H44N4O4/c42-35(40-45-27-29-16-7-4-8-17-29)25-30(19-13-18-28-14-5-3-6-15-28)36(43)39-33-24-31-26-41(34-21-10-9-20-32(31)34)23-12-2-1-11-22-38-37(33)44/h3-10,14-17,20-21,26,30,33H,1-2,11-13,18-19,22-25,27H2,(H,38,44)(H,39,43)(H,40,42)/t30-,33+/m1/s1. The monoisotopic (exact) mass is 608 g/mol. The number of carbonyl (C=O) groups excluding carboxylic acids is 3. The van der Waals surface area contributed by atoms with E-state index in [1.807, 2.05) is 60.7 Å². The molecule has 0 unspecified atom stereocenters. The molecule has 3 amide bonds. The van der Waals surface area contributed by atoms with Crippen molar-refractivity contribution in [2.24, 2.45) is 5.92 Å². The van der Waals surface area contributed by atoms with Crippen molar-refractivity contribution in [1.82, 2.24) is 20.7 Å². The highest BCUT2D eigenvalue weighted by atomic mass is 16.6. The second-order valence-corrected chi connectivity index (χ2v) is 11.9. The van der Waals surface area contributed by atoms with E-state index in [-0.39, 0.29) is 30.7 Å². The van der Waals surface area contributed by atoms with Gasteiger partial charge in [-0.05, 0) is 54.9 Å². The number of nitrogens with one attached hydrogen (secondary N) is 3. The summed E-state index contributed by atoms with van der Waals surface area (Å²) in [5.41, 5.74) is 6.78. The fraction of sp³-hybridized carbons (Fsp3) is 0.378. The summed E-state index contributed by atoms with van der Waals surface area (Å²) < 4.78 is 2.27. The van der Waals surface area contributed by atoms with Gasteiger partial charge in [0.2, 0.25) is 17.7 Å². The lowest BCUT2D eigenvalue weighted by atomic mass is 9.94. The van der Waals surface area contributed by atoms with E-state index < -0.39 is 12.0 Å². The number of nitrogens with zero attached hydrogens (tertiary/aromatic N) is 1. The first-order valence-corrected chi connectivity index (χ1v) is 16.2. The second-order valence-electron chi connectivity index (χ2n) is 11.9. The predicted octanol–water partition coefficient (Wildman–Crippen LogP) is 5.64. The molecule has 2 heterocycles. The van der Waals surface area contributed by atoms with Gasteiger partial charge in [0.25, 0.3) is 0 Å². The molecule has 1 aliphatic rings. The van der Waals surface area contributed by atoms with Crippen LogP contribution in [0.25, 0.3) is 10.9 Å². The van der Waals surface area contributed by atoms with E-state index in [0.29, 0.717) is 19.4 Å². The fourth-order valence-corrected chi connectivity index (χ4v) is 6.05.